The molecule has 0 radical (unpaired) electrons. The van der Waals surface area contributed by atoms with Gasteiger partial charge in [0, 0.05) is 28.0 Å². The highest BCUT2D eigenvalue weighted by Gasteiger charge is 2.08. The van der Waals surface area contributed by atoms with Crippen LogP contribution in [0.2, 0.25) is 10.0 Å². The van der Waals surface area contributed by atoms with Crippen molar-refractivity contribution in [2.24, 2.45) is 0 Å². The summed E-state index contributed by atoms with van der Waals surface area (Å²) in [5, 5.41) is 6.86. The SMILES string of the molecule is O=C(COc1ccc(Cl)cc1Cl)Nc1ccc(Nc2cc(-c3ccccc3)ncn2)cc1. The Morgan fingerprint density at radius 2 is 1.62 bits per heavy atom. The fourth-order valence-corrected chi connectivity index (χ4v) is 3.37. The van der Waals surface area contributed by atoms with Crippen molar-refractivity contribution in [1.29, 1.82) is 0 Å². The molecule has 0 spiro atoms. The number of rotatable bonds is 7. The minimum Gasteiger partial charge on any atom is -0.482 e. The van der Waals surface area contributed by atoms with Crippen LogP contribution >= 0.6 is 23.2 Å². The van der Waals surface area contributed by atoms with Crippen LogP contribution in [-0.4, -0.2) is 22.5 Å². The van der Waals surface area contributed by atoms with Gasteiger partial charge in [-0.05, 0) is 42.5 Å². The summed E-state index contributed by atoms with van der Waals surface area (Å²) in [7, 11) is 0. The molecule has 0 fully saturated rings. The van der Waals surface area contributed by atoms with Gasteiger partial charge in [-0.25, -0.2) is 9.97 Å². The number of hydrogen-bond acceptors (Lipinski definition) is 5. The number of carbonyl (C=O) groups is 1. The number of nitrogens with one attached hydrogen (secondary N) is 2. The minimum atomic E-state index is -0.306. The molecule has 32 heavy (non-hydrogen) atoms. The highest BCUT2D eigenvalue weighted by molar-refractivity contribution is 6.35. The van der Waals surface area contributed by atoms with Crippen LogP contribution in [0.15, 0.2) is 85.2 Å². The summed E-state index contributed by atoms with van der Waals surface area (Å²) in [5.41, 5.74) is 3.30. The minimum absolute atomic E-state index is 0.176. The Labute approximate surface area is 195 Å². The zero-order valence-corrected chi connectivity index (χ0v) is 18.3. The first-order valence-electron chi connectivity index (χ1n) is 9.69. The van der Waals surface area contributed by atoms with Gasteiger partial charge in [0.1, 0.15) is 17.9 Å². The summed E-state index contributed by atoms with van der Waals surface area (Å²) >= 11 is 11.9. The maximum Gasteiger partial charge on any atom is 0.262 e. The third kappa shape index (κ3) is 5.75. The summed E-state index contributed by atoms with van der Waals surface area (Å²) in [4.78, 5) is 20.8. The predicted octanol–water partition coefficient (Wildman–Crippen LogP) is 6.21. The molecule has 0 saturated heterocycles. The van der Waals surface area contributed by atoms with Crippen molar-refractivity contribution in [1.82, 2.24) is 9.97 Å². The summed E-state index contributed by atoms with van der Waals surface area (Å²) in [5.74, 6) is 0.759. The number of halogens is 2. The molecule has 0 atom stereocenters. The van der Waals surface area contributed by atoms with Crippen LogP contribution in [0.1, 0.15) is 0 Å². The number of nitrogens with zero attached hydrogens (tertiary/aromatic N) is 2. The third-order valence-electron chi connectivity index (χ3n) is 4.43. The summed E-state index contributed by atoms with van der Waals surface area (Å²) in [6.07, 6.45) is 1.52. The Balaban J connectivity index is 1.34. The zero-order valence-electron chi connectivity index (χ0n) is 16.8. The maximum atomic E-state index is 12.2. The number of carbonyl (C=O) groups excluding carboxylic acids is 1. The second-order valence-corrected chi connectivity index (χ2v) is 7.61. The van der Waals surface area contributed by atoms with Crippen molar-refractivity contribution in [2.75, 3.05) is 17.2 Å². The fraction of sp³-hybridized carbons (Fsp3) is 0.0417. The summed E-state index contributed by atoms with van der Waals surface area (Å²) in [6.45, 7) is -0.176. The molecule has 0 bridgehead atoms. The van der Waals surface area contributed by atoms with Crippen LogP contribution in [0.5, 0.6) is 5.75 Å². The molecule has 1 aromatic heterocycles. The highest BCUT2D eigenvalue weighted by Crippen LogP contribution is 2.27. The lowest BCUT2D eigenvalue weighted by Gasteiger charge is -2.10. The average Bonchev–Trinajstić information content (AvgIpc) is 2.81. The van der Waals surface area contributed by atoms with E-state index in [0.717, 1.165) is 16.9 Å². The molecule has 0 saturated carbocycles. The molecular formula is C24H18Cl2N4O2. The van der Waals surface area contributed by atoms with Gasteiger partial charge in [0.15, 0.2) is 6.61 Å². The van der Waals surface area contributed by atoms with E-state index in [-0.39, 0.29) is 12.5 Å². The van der Waals surface area contributed by atoms with E-state index >= 15 is 0 Å². The molecule has 8 heteroatoms. The molecule has 0 unspecified atom stereocenters. The molecule has 1 amide bonds. The van der Waals surface area contributed by atoms with Gasteiger partial charge in [-0.15, -0.1) is 0 Å². The summed E-state index contributed by atoms with van der Waals surface area (Å²) < 4.78 is 5.45. The zero-order chi connectivity index (χ0) is 22.3. The molecule has 4 aromatic rings. The largest absolute Gasteiger partial charge is 0.482 e. The number of amides is 1. The van der Waals surface area contributed by atoms with Gasteiger partial charge in [-0.1, -0.05) is 53.5 Å². The lowest BCUT2D eigenvalue weighted by atomic mass is 10.1. The van der Waals surface area contributed by atoms with E-state index in [1.165, 1.54) is 6.33 Å². The quantitative estimate of drug-likeness (QED) is 0.339. The molecule has 0 aliphatic rings. The van der Waals surface area contributed by atoms with Gasteiger partial charge in [0.25, 0.3) is 5.91 Å². The van der Waals surface area contributed by atoms with Crippen molar-refractivity contribution < 1.29 is 9.53 Å². The number of hydrogen-bond donors (Lipinski definition) is 2. The molecule has 0 aliphatic carbocycles. The highest BCUT2D eigenvalue weighted by atomic mass is 35.5. The van der Waals surface area contributed by atoms with E-state index in [4.69, 9.17) is 27.9 Å². The van der Waals surface area contributed by atoms with E-state index in [1.54, 1.807) is 30.3 Å². The molecule has 1 heterocycles. The number of aromatic nitrogens is 2. The smallest absolute Gasteiger partial charge is 0.262 e. The van der Waals surface area contributed by atoms with Gasteiger partial charge in [0.05, 0.1) is 10.7 Å². The summed E-state index contributed by atoms with van der Waals surface area (Å²) in [6, 6.07) is 23.8. The second-order valence-electron chi connectivity index (χ2n) is 6.77. The Bertz CT molecular complexity index is 1220. The van der Waals surface area contributed by atoms with Gasteiger partial charge >= 0.3 is 0 Å². The van der Waals surface area contributed by atoms with Gasteiger partial charge < -0.3 is 15.4 Å². The topological polar surface area (TPSA) is 76.1 Å². The van der Waals surface area contributed by atoms with Crippen LogP contribution in [0, 0.1) is 0 Å². The van der Waals surface area contributed by atoms with Crippen molar-refractivity contribution in [3.8, 4) is 17.0 Å². The molecule has 3 aromatic carbocycles. The number of ether oxygens (including phenoxy) is 1. The van der Waals surface area contributed by atoms with Crippen molar-refractivity contribution in [3.05, 3.63) is 95.2 Å². The fourth-order valence-electron chi connectivity index (χ4n) is 2.91. The average molecular weight is 465 g/mol. The monoisotopic (exact) mass is 464 g/mol. The predicted molar refractivity (Wildman–Crippen MR) is 128 cm³/mol. The molecule has 2 N–H and O–H groups in total. The Morgan fingerprint density at radius 3 is 2.38 bits per heavy atom. The van der Waals surface area contributed by atoms with Gasteiger partial charge in [0.2, 0.25) is 0 Å². The Morgan fingerprint density at radius 1 is 0.875 bits per heavy atom. The first-order chi connectivity index (χ1) is 15.6. The Hall–Kier alpha value is -3.61. The third-order valence-corrected chi connectivity index (χ3v) is 4.96. The van der Waals surface area contributed by atoms with Crippen LogP contribution in [-0.2, 0) is 4.79 Å². The molecular weight excluding hydrogens is 447 g/mol. The number of benzene rings is 3. The molecule has 4 rings (SSSR count). The van der Waals surface area contributed by atoms with Gasteiger partial charge in [-0.3, -0.25) is 4.79 Å². The lowest BCUT2D eigenvalue weighted by Crippen LogP contribution is -2.20. The van der Waals surface area contributed by atoms with E-state index in [0.29, 0.717) is 27.3 Å². The first kappa shape index (κ1) is 21.6. The first-order valence-corrected chi connectivity index (χ1v) is 10.4. The van der Waals surface area contributed by atoms with Crippen LogP contribution in [0.25, 0.3) is 11.3 Å². The maximum absolute atomic E-state index is 12.2. The Kier molecular flexibility index (Phi) is 6.84. The van der Waals surface area contributed by atoms with E-state index < -0.39 is 0 Å². The van der Waals surface area contributed by atoms with Crippen LogP contribution in [0.3, 0.4) is 0 Å². The van der Waals surface area contributed by atoms with E-state index in [1.807, 2.05) is 48.5 Å². The standard InChI is InChI=1S/C24H18Cl2N4O2/c25-17-6-11-22(20(26)12-17)32-14-24(31)30-19-9-7-18(8-10-19)29-23-13-21(27-15-28-23)16-4-2-1-3-5-16/h1-13,15H,14H2,(H,30,31)(H,27,28,29). The second kappa shape index (κ2) is 10.1. The normalized spacial score (nSPS) is 10.4. The molecule has 6 nitrogen and oxygen atoms in total. The van der Waals surface area contributed by atoms with Crippen molar-refractivity contribution in [2.45, 2.75) is 0 Å². The van der Waals surface area contributed by atoms with Crippen LogP contribution < -0.4 is 15.4 Å². The van der Waals surface area contributed by atoms with Crippen LogP contribution in [0.4, 0.5) is 17.2 Å². The van der Waals surface area contributed by atoms with Gasteiger partial charge in [-0.2, -0.15) is 0 Å². The number of anilines is 3. The van der Waals surface area contributed by atoms with Crippen molar-refractivity contribution >= 4 is 46.3 Å². The molecule has 160 valence electrons. The van der Waals surface area contributed by atoms with Crippen molar-refractivity contribution in [3.63, 3.8) is 0 Å². The lowest BCUT2D eigenvalue weighted by molar-refractivity contribution is -0.118. The molecule has 0 aliphatic heterocycles. The van der Waals surface area contributed by atoms with E-state index in [2.05, 4.69) is 20.6 Å². The van der Waals surface area contributed by atoms with E-state index in [9.17, 15) is 4.79 Å².